The number of benzene rings is 2. The number of carbonyl (C=O) groups is 2. The third-order valence-electron chi connectivity index (χ3n) is 4.12. The highest BCUT2D eigenvalue weighted by Crippen LogP contribution is 2.18. The summed E-state index contributed by atoms with van der Waals surface area (Å²) in [5, 5.41) is 7.57. The maximum atomic E-state index is 13.7. The molecule has 1 aromatic heterocycles. The lowest BCUT2D eigenvalue weighted by molar-refractivity contribution is 0.102. The van der Waals surface area contributed by atoms with Gasteiger partial charge in [0.05, 0.1) is 12.2 Å². The SMILES string of the molecule is CC(C)N(Cc1nc(C(=O)Nc2ccccc2F)cs1)C(=O)Nc1ccccc1. The highest BCUT2D eigenvalue weighted by atomic mass is 32.1. The van der Waals surface area contributed by atoms with Crippen LogP contribution in [0.4, 0.5) is 20.6 Å². The number of carbonyl (C=O) groups excluding carboxylic acids is 2. The van der Waals surface area contributed by atoms with E-state index in [1.807, 2.05) is 44.2 Å². The molecule has 0 aliphatic carbocycles. The largest absolute Gasteiger partial charge is 0.322 e. The number of amides is 3. The van der Waals surface area contributed by atoms with Crippen molar-refractivity contribution in [3.8, 4) is 0 Å². The van der Waals surface area contributed by atoms with Gasteiger partial charge in [0.25, 0.3) is 5.91 Å². The van der Waals surface area contributed by atoms with E-state index in [1.54, 1.807) is 22.4 Å². The number of thiazole rings is 1. The molecule has 3 amide bonds. The van der Waals surface area contributed by atoms with Crippen molar-refractivity contribution in [2.24, 2.45) is 0 Å². The van der Waals surface area contributed by atoms with Crippen LogP contribution in [0.3, 0.4) is 0 Å². The fraction of sp³-hybridized carbons (Fsp3) is 0.190. The van der Waals surface area contributed by atoms with E-state index in [-0.39, 0.29) is 30.0 Å². The first-order valence-corrected chi connectivity index (χ1v) is 9.95. The summed E-state index contributed by atoms with van der Waals surface area (Å²) in [7, 11) is 0. The number of rotatable bonds is 6. The predicted octanol–water partition coefficient (Wildman–Crippen LogP) is 4.98. The Hall–Kier alpha value is -3.26. The predicted molar refractivity (Wildman–Crippen MR) is 113 cm³/mol. The molecule has 6 nitrogen and oxygen atoms in total. The second-order valence-corrected chi connectivity index (χ2v) is 7.52. The first kappa shape index (κ1) is 20.5. The summed E-state index contributed by atoms with van der Waals surface area (Å²) in [6.07, 6.45) is 0. The van der Waals surface area contributed by atoms with E-state index < -0.39 is 11.7 Å². The second kappa shape index (κ2) is 9.29. The summed E-state index contributed by atoms with van der Waals surface area (Å²) in [5.74, 6) is -1.01. The van der Waals surface area contributed by atoms with Gasteiger partial charge in [-0.3, -0.25) is 4.79 Å². The molecule has 0 saturated carbocycles. The van der Waals surface area contributed by atoms with Crippen molar-refractivity contribution < 1.29 is 14.0 Å². The molecule has 0 unspecified atom stereocenters. The number of anilines is 2. The van der Waals surface area contributed by atoms with Gasteiger partial charge < -0.3 is 15.5 Å². The Morgan fingerprint density at radius 1 is 1.07 bits per heavy atom. The normalized spacial score (nSPS) is 10.6. The number of hydrogen-bond acceptors (Lipinski definition) is 4. The minimum atomic E-state index is -0.514. The van der Waals surface area contributed by atoms with E-state index >= 15 is 0 Å². The van der Waals surface area contributed by atoms with Crippen molar-refractivity contribution in [2.45, 2.75) is 26.4 Å². The fourth-order valence-corrected chi connectivity index (χ4v) is 3.36. The Morgan fingerprint density at radius 2 is 1.76 bits per heavy atom. The van der Waals surface area contributed by atoms with Gasteiger partial charge in [-0.15, -0.1) is 11.3 Å². The number of aromatic nitrogens is 1. The summed E-state index contributed by atoms with van der Waals surface area (Å²) in [5.41, 5.74) is 0.978. The van der Waals surface area contributed by atoms with Gasteiger partial charge in [-0.2, -0.15) is 0 Å². The summed E-state index contributed by atoms with van der Waals surface area (Å²) < 4.78 is 13.7. The van der Waals surface area contributed by atoms with E-state index in [4.69, 9.17) is 0 Å². The lowest BCUT2D eigenvalue weighted by Crippen LogP contribution is -2.39. The molecule has 1 heterocycles. The molecule has 0 bridgehead atoms. The molecule has 0 fully saturated rings. The number of para-hydroxylation sites is 2. The number of nitrogens with zero attached hydrogens (tertiary/aromatic N) is 2. The van der Waals surface area contributed by atoms with Crippen LogP contribution in [0, 0.1) is 5.82 Å². The van der Waals surface area contributed by atoms with Gasteiger partial charge >= 0.3 is 6.03 Å². The maximum Gasteiger partial charge on any atom is 0.322 e. The number of urea groups is 1. The van der Waals surface area contributed by atoms with Crippen molar-refractivity contribution in [1.82, 2.24) is 9.88 Å². The lowest BCUT2D eigenvalue weighted by Gasteiger charge is -2.26. The quantitative estimate of drug-likeness (QED) is 0.600. The van der Waals surface area contributed by atoms with Gasteiger partial charge in [0.2, 0.25) is 0 Å². The van der Waals surface area contributed by atoms with Gasteiger partial charge in [-0.05, 0) is 38.1 Å². The van der Waals surface area contributed by atoms with E-state index in [1.165, 1.54) is 23.5 Å². The molecule has 0 aliphatic heterocycles. The van der Waals surface area contributed by atoms with Crippen molar-refractivity contribution in [3.05, 3.63) is 76.5 Å². The van der Waals surface area contributed by atoms with Crippen molar-refractivity contribution in [1.29, 1.82) is 0 Å². The van der Waals surface area contributed by atoms with Crippen LogP contribution in [0.1, 0.15) is 29.3 Å². The standard InChI is InChI=1S/C21H21FN4O2S/c1-14(2)26(21(28)23-15-8-4-3-5-9-15)12-19-24-18(13-29-19)20(27)25-17-11-7-6-10-16(17)22/h3-11,13-14H,12H2,1-2H3,(H,23,28)(H,25,27). The van der Waals surface area contributed by atoms with Gasteiger partial charge in [0, 0.05) is 17.1 Å². The average Bonchev–Trinajstić information content (AvgIpc) is 3.17. The maximum absolute atomic E-state index is 13.7. The molecule has 2 N–H and O–H groups in total. The molecule has 150 valence electrons. The van der Waals surface area contributed by atoms with Crippen LogP contribution in [-0.2, 0) is 6.54 Å². The van der Waals surface area contributed by atoms with Crippen LogP contribution in [0.5, 0.6) is 0 Å². The first-order chi connectivity index (χ1) is 13.9. The van der Waals surface area contributed by atoms with Gasteiger partial charge in [-0.1, -0.05) is 30.3 Å². The number of halogens is 1. The van der Waals surface area contributed by atoms with Crippen molar-refractivity contribution in [3.63, 3.8) is 0 Å². The molecule has 0 atom stereocenters. The summed E-state index contributed by atoms with van der Waals surface area (Å²) >= 11 is 1.27. The van der Waals surface area contributed by atoms with Crippen LogP contribution in [0.15, 0.2) is 60.0 Å². The molecular formula is C21H21FN4O2S. The third kappa shape index (κ3) is 5.39. The summed E-state index contributed by atoms with van der Waals surface area (Å²) in [6, 6.07) is 14.8. The molecule has 0 spiro atoms. The second-order valence-electron chi connectivity index (χ2n) is 6.58. The minimum absolute atomic E-state index is 0.0710. The zero-order chi connectivity index (χ0) is 20.8. The first-order valence-electron chi connectivity index (χ1n) is 9.07. The topological polar surface area (TPSA) is 74.3 Å². The molecule has 3 aromatic rings. The van der Waals surface area contributed by atoms with Crippen molar-refractivity contribution >= 4 is 34.6 Å². The number of hydrogen-bond donors (Lipinski definition) is 2. The Kier molecular flexibility index (Phi) is 6.56. The van der Waals surface area contributed by atoms with Crippen LogP contribution in [0.25, 0.3) is 0 Å². The zero-order valence-electron chi connectivity index (χ0n) is 16.1. The van der Waals surface area contributed by atoms with E-state index in [9.17, 15) is 14.0 Å². The molecule has 0 radical (unpaired) electrons. The average molecular weight is 412 g/mol. The summed E-state index contributed by atoms with van der Waals surface area (Å²) in [4.78, 5) is 30.9. The molecule has 29 heavy (non-hydrogen) atoms. The zero-order valence-corrected chi connectivity index (χ0v) is 16.9. The lowest BCUT2D eigenvalue weighted by atomic mass is 10.3. The smallest absolute Gasteiger partial charge is 0.318 e. The molecule has 0 saturated heterocycles. The molecule has 3 rings (SSSR count). The molecule has 2 aromatic carbocycles. The third-order valence-corrected chi connectivity index (χ3v) is 4.95. The summed E-state index contributed by atoms with van der Waals surface area (Å²) in [6.45, 7) is 4.07. The highest BCUT2D eigenvalue weighted by Gasteiger charge is 2.20. The van der Waals surface area contributed by atoms with E-state index in [0.717, 1.165) is 0 Å². The molecule has 8 heteroatoms. The minimum Gasteiger partial charge on any atom is -0.318 e. The van der Waals surface area contributed by atoms with E-state index in [0.29, 0.717) is 10.7 Å². The Morgan fingerprint density at radius 3 is 2.45 bits per heavy atom. The highest BCUT2D eigenvalue weighted by molar-refractivity contribution is 7.09. The van der Waals surface area contributed by atoms with Crippen molar-refractivity contribution in [2.75, 3.05) is 10.6 Å². The van der Waals surface area contributed by atoms with Crippen LogP contribution in [-0.4, -0.2) is 27.9 Å². The van der Waals surface area contributed by atoms with Crippen LogP contribution in [0.2, 0.25) is 0 Å². The monoisotopic (exact) mass is 412 g/mol. The van der Waals surface area contributed by atoms with Gasteiger partial charge in [0.1, 0.15) is 16.5 Å². The number of nitrogens with one attached hydrogen (secondary N) is 2. The molecular weight excluding hydrogens is 391 g/mol. The van der Waals surface area contributed by atoms with Gasteiger partial charge in [-0.25, -0.2) is 14.2 Å². The fourth-order valence-electron chi connectivity index (χ4n) is 2.59. The Bertz CT molecular complexity index is 991. The van der Waals surface area contributed by atoms with Crippen LogP contribution < -0.4 is 10.6 Å². The van der Waals surface area contributed by atoms with E-state index in [2.05, 4.69) is 15.6 Å². The van der Waals surface area contributed by atoms with Crippen LogP contribution >= 0.6 is 11.3 Å². The Labute approximate surface area is 172 Å². The Balaban J connectivity index is 1.67. The molecule has 0 aliphatic rings. The van der Waals surface area contributed by atoms with Gasteiger partial charge in [0.15, 0.2) is 0 Å².